The van der Waals surface area contributed by atoms with Crippen LogP contribution in [0.1, 0.15) is 24.5 Å². The first kappa shape index (κ1) is 15.6. The van der Waals surface area contributed by atoms with E-state index >= 15 is 0 Å². The van der Waals surface area contributed by atoms with Crippen LogP contribution in [0.3, 0.4) is 0 Å². The molecular weight excluding hydrogens is 270 g/mol. The van der Waals surface area contributed by atoms with Crippen molar-refractivity contribution in [1.82, 2.24) is 10.2 Å². The number of benzene rings is 1. The van der Waals surface area contributed by atoms with Crippen LogP contribution in [0.15, 0.2) is 12.1 Å². The Labute approximate surface area is 125 Å². The summed E-state index contributed by atoms with van der Waals surface area (Å²) in [5, 5.41) is 2.87. The minimum absolute atomic E-state index is 0.0290. The van der Waals surface area contributed by atoms with E-state index in [0.717, 1.165) is 23.3 Å². The van der Waals surface area contributed by atoms with Crippen LogP contribution in [-0.2, 0) is 22.7 Å². The van der Waals surface area contributed by atoms with E-state index in [0.29, 0.717) is 31.9 Å². The quantitative estimate of drug-likeness (QED) is 0.768. The summed E-state index contributed by atoms with van der Waals surface area (Å²) in [5.41, 5.74) is 8.54. The van der Waals surface area contributed by atoms with Crippen molar-refractivity contribution in [3.8, 4) is 5.75 Å². The highest BCUT2D eigenvalue weighted by Gasteiger charge is 2.17. The summed E-state index contributed by atoms with van der Waals surface area (Å²) >= 11 is 0. The predicted octanol–water partition coefficient (Wildman–Crippen LogP) is 1.09. The van der Waals surface area contributed by atoms with Crippen molar-refractivity contribution in [2.24, 2.45) is 0 Å². The lowest BCUT2D eigenvalue weighted by atomic mass is 10.1. The topological polar surface area (TPSA) is 76.8 Å². The largest absolute Gasteiger partial charge is 0.467 e. The van der Waals surface area contributed by atoms with Gasteiger partial charge in [-0.05, 0) is 25.6 Å². The molecule has 6 heteroatoms. The lowest BCUT2D eigenvalue weighted by molar-refractivity contribution is -0.122. The minimum atomic E-state index is 0.0290. The Morgan fingerprint density at radius 2 is 2.29 bits per heavy atom. The number of anilines is 1. The van der Waals surface area contributed by atoms with Gasteiger partial charge in [0.15, 0.2) is 6.79 Å². The number of nitrogens with zero attached hydrogens (tertiary/aromatic N) is 1. The molecule has 116 valence electrons. The standard InChI is InChI=1S/C15H23N3O3/c1-3-4-17-14(19)8-18(2)7-11-5-13(16)6-12-9-20-10-21-15(11)12/h5-6H,3-4,7-10,16H2,1-2H3,(H,17,19). The van der Waals surface area contributed by atoms with Gasteiger partial charge in [-0.2, -0.15) is 0 Å². The number of likely N-dealkylation sites (N-methyl/N-ethyl adjacent to an activating group) is 1. The van der Waals surface area contributed by atoms with Crippen LogP contribution in [0, 0.1) is 0 Å². The van der Waals surface area contributed by atoms with E-state index in [-0.39, 0.29) is 12.7 Å². The predicted molar refractivity (Wildman–Crippen MR) is 80.8 cm³/mol. The molecule has 1 aliphatic heterocycles. The van der Waals surface area contributed by atoms with Crippen LogP contribution < -0.4 is 15.8 Å². The summed E-state index contributed by atoms with van der Waals surface area (Å²) < 4.78 is 10.8. The van der Waals surface area contributed by atoms with Crippen LogP contribution in [0.5, 0.6) is 5.75 Å². The van der Waals surface area contributed by atoms with Gasteiger partial charge in [-0.3, -0.25) is 9.69 Å². The minimum Gasteiger partial charge on any atom is -0.467 e. The summed E-state index contributed by atoms with van der Waals surface area (Å²) in [6.07, 6.45) is 0.937. The molecule has 0 unspecified atom stereocenters. The van der Waals surface area contributed by atoms with Crippen molar-refractivity contribution in [2.45, 2.75) is 26.5 Å². The zero-order chi connectivity index (χ0) is 15.2. The zero-order valence-corrected chi connectivity index (χ0v) is 12.6. The molecule has 0 fully saturated rings. The molecular formula is C15H23N3O3. The second-order valence-electron chi connectivity index (χ2n) is 5.30. The van der Waals surface area contributed by atoms with Crippen molar-refractivity contribution in [3.63, 3.8) is 0 Å². The lowest BCUT2D eigenvalue weighted by Crippen LogP contribution is -2.35. The molecule has 1 heterocycles. The summed E-state index contributed by atoms with van der Waals surface area (Å²) in [7, 11) is 1.90. The van der Waals surface area contributed by atoms with E-state index in [9.17, 15) is 4.79 Å². The van der Waals surface area contributed by atoms with Crippen LogP contribution in [0.4, 0.5) is 5.69 Å². The molecule has 1 aromatic carbocycles. The van der Waals surface area contributed by atoms with Crippen LogP contribution in [0.2, 0.25) is 0 Å². The van der Waals surface area contributed by atoms with Gasteiger partial charge in [0.1, 0.15) is 5.75 Å². The highest BCUT2D eigenvalue weighted by molar-refractivity contribution is 5.77. The second-order valence-corrected chi connectivity index (χ2v) is 5.30. The molecule has 0 atom stereocenters. The summed E-state index contributed by atoms with van der Waals surface area (Å²) in [6, 6.07) is 3.76. The Morgan fingerprint density at radius 3 is 3.05 bits per heavy atom. The van der Waals surface area contributed by atoms with E-state index in [2.05, 4.69) is 5.32 Å². The monoisotopic (exact) mass is 293 g/mol. The number of nitrogens with one attached hydrogen (secondary N) is 1. The van der Waals surface area contributed by atoms with Gasteiger partial charge >= 0.3 is 0 Å². The zero-order valence-electron chi connectivity index (χ0n) is 12.6. The van der Waals surface area contributed by atoms with Gasteiger partial charge in [0.05, 0.1) is 13.2 Å². The maximum absolute atomic E-state index is 11.7. The molecule has 0 radical (unpaired) electrons. The Hall–Kier alpha value is -1.79. The molecule has 0 saturated carbocycles. The fourth-order valence-corrected chi connectivity index (χ4v) is 2.36. The number of fused-ring (bicyclic) bond motifs is 1. The van der Waals surface area contributed by atoms with Gasteiger partial charge in [0, 0.05) is 29.9 Å². The first-order chi connectivity index (χ1) is 10.1. The molecule has 0 spiro atoms. The Kier molecular flexibility index (Phi) is 5.41. The fourth-order valence-electron chi connectivity index (χ4n) is 2.36. The number of nitrogen functional groups attached to an aromatic ring is 1. The number of amides is 1. The Bertz CT molecular complexity index is 505. The Balaban J connectivity index is 2.02. The third-order valence-corrected chi connectivity index (χ3v) is 3.24. The molecule has 6 nitrogen and oxygen atoms in total. The second kappa shape index (κ2) is 7.28. The van der Waals surface area contributed by atoms with Crippen LogP contribution >= 0.6 is 0 Å². The van der Waals surface area contributed by atoms with Gasteiger partial charge in [-0.15, -0.1) is 0 Å². The first-order valence-electron chi connectivity index (χ1n) is 7.17. The highest BCUT2D eigenvalue weighted by atomic mass is 16.7. The average molecular weight is 293 g/mol. The normalized spacial score (nSPS) is 13.7. The molecule has 0 aromatic heterocycles. The van der Waals surface area contributed by atoms with Gasteiger partial charge in [0.2, 0.25) is 5.91 Å². The number of hydrogen-bond acceptors (Lipinski definition) is 5. The Morgan fingerprint density at radius 1 is 1.48 bits per heavy atom. The third kappa shape index (κ3) is 4.34. The maximum Gasteiger partial charge on any atom is 0.234 e. The van der Waals surface area contributed by atoms with E-state index < -0.39 is 0 Å². The molecule has 21 heavy (non-hydrogen) atoms. The molecule has 2 rings (SSSR count). The highest BCUT2D eigenvalue weighted by Crippen LogP contribution is 2.31. The number of hydrogen-bond donors (Lipinski definition) is 2. The third-order valence-electron chi connectivity index (χ3n) is 3.24. The molecule has 0 saturated heterocycles. The van der Waals surface area contributed by atoms with E-state index in [4.69, 9.17) is 15.2 Å². The number of carbonyl (C=O) groups excluding carboxylic acids is 1. The maximum atomic E-state index is 11.7. The molecule has 0 bridgehead atoms. The number of carbonyl (C=O) groups is 1. The number of nitrogens with two attached hydrogens (primary N) is 1. The van der Waals surface area contributed by atoms with E-state index in [1.54, 1.807) is 0 Å². The van der Waals surface area contributed by atoms with Gasteiger partial charge in [0.25, 0.3) is 0 Å². The molecule has 1 aromatic rings. The van der Waals surface area contributed by atoms with Gasteiger partial charge < -0.3 is 20.5 Å². The summed E-state index contributed by atoms with van der Waals surface area (Å²) in [6.45, 7) is 4.45. The smallest absolute Gasteiger partial charge is 0.234 e. The van der Waals surface area contributed by atoms with Gasteiger partial charge in [-0.25, -0.2) is 0 Å². The van der Waals surface area contributed by atoms with Crippen molar-refractivity contribution in [1.29, 1.82) is 0 Å². The van der Waals surface area contributed by atoms with E-state index in [1.807, 2.05) is 31.0 Å². The molecule has 3 N–H and O–H groups in total. The van der Waals surface area contributed by atoms with Crippen molar-refractivity contribution >= 4 is 11.6 Å². The van der Waals surface area contributed by atoms with Crippen molar-refractivity contribution < 1.29 is 14.3 Å². The van der Waals surface area contributed by atoms with Crippen LogP contribution in [-0.4, -0.2) is 37.7 Å². The SMILES string of the molecule is CCCNC(=O)CN(C)Cc1cc(N)cc2c1OCOC2. The van der Waals surface area contributed by atoms with E-state index in [1.165, 1.54) is 0 Å². The first-order valence-corrected chi connectivity index (χ1v) is 7.17. The lowest BCUT2D eigenvalue weighted by Gasteiger charge is -2.24. The summed E-state index contributed by atoms with van der Waals surface area (Å²) in [5.74, 6) is 0.859. The molecule has 0 aliphatic carbocycles. The molecule has 1 aliphatic rings. The van der Waals surface area contributed by atoms with Gasteiger partial charge in [-0.1, -0.05) is 6.92 Å². The average Bonchev–Trinajstić information content (AvgIpc) is 2.44. The van der Waals surface area contributed by atoms with Crippen molar-refractivity contribution in [2.75, 3.05) is 32.7 Å². The fraction of sp³-hybridized carbons (Fsp3) is 0.533. The number of ether oxygens (including phenoxy) is 2. The number of rotatable bonds is 6. The summed E-state index contributed by atoms with van der Waals surface area (Å²) in [4.78, 5) is 13.7. The van der Waals surface area contributed by atoms with Crippen molar-refractivity contribution in [3.05, 3.63) is 23.3 Å². The molecule has 1 amide bonds. The van der Waals surface area contributed by atoms with Crippen LogP contribution in [0.25, 0.3) is 0 Å².